The molecule has 2 aromatic rings. The maximum absolute atomic E-state index is 13.2. The molecule has 0 radical (unpaired) electrons. The molecule has 1 heterocycles. The molecule has 2 saturated carbocycles. The third kappa shape index (κ3) is 5.20. The van der Waals surface area contributed by atoms with Gasteiger partial charge in [0.25, 0.3) is 5.91 Å². The molecule has 2 aliphatic carbocycles. The van der Waals surface area contributed by atoms with Crippen LogP contribution in [0.1, 0.15) is 78.1 Å². The molecule has 0 saturated heterocycles. The van der Waals surface area contributed by atoms with Crippen LogP contribution in [0, 0.1) is 11.8 Å². The van der Waals surface area contributed by atoms with Crippen molar-refractivity contribution in [1.29, 1.82) is 0 Å². The third-order valence-corrected chi connectivity index (χ3v) is 8.10. The molecular formula is C25H33N3O3S. The van der Waals surface area contributed by atoms with Crippen LogP contribution in [0.5, 0.6) is 0 Å². The van der Waals surface area contributed by atoms with Gasteiger partial charge in [-0.05, 0) is 67.4 Å². The summed E-state index contributed by atoms with van der Waals surface area (Å²) in [7, 11) is 1.38. The number of benzene rings is 1. The Hall–Kier alpha value is -2.28. The van der Waals surface area contributed by atoms with Crippen LogP contribution in [0.2, 0.25) is 0 Å². The van der Waals surface area contributed by atoms with Gasteiger partial charge in [-0.15, -0.1) is 11.8 Å². The SMILES string of the molecule is CCCSc1c(C(=O)NC2CCC3CCC[C@@H]2C3)cnn1Cc1ccc(C(=O)OC)cc1. The fourth-order valence-electron chi connectivity index (χ4n) is 5.08. The van der Waals surface area contributed by atoms with Crippen LogP contribution >= 0.6 is 11.8 Å². The maximum atomic E-state index is 13.2. The highest BCUT2D eigenvalue weighted by Gasteiger charge is 2.34. The number of nitrogens with zero attached hydrogens (tertiary/aromatic N) is 2. The Balaban J connectivity index is 1.49. The Morgan fingerprint density at radius 2 is 2.00 bits per heavy atom. The average molecular weight is 456 g/mol. The Morgan fingerprint density at radius 1 is 1.19 bits per heavy atom. The molecule has 172 valence electrons. The molecule has 7 heteroatoms. The molecule has 32 heavy (non-hydrogen) atoms. The predicted molar refractivity (Wildman–Crippen MR) is 126 cm³/mol. The van der Waals surface area contributed by atoms with E-state index in [1.54, 1.807) is 30.1 Å². The second kappa shape index (κ2) is 10.6. The van der Waals surface area contributed by atoms with Crippen LogP contribution < -0.4 is 5.32 Å². The lowest BCUT2D eigenvalue weighted by Crippen LogP contribution is -2.45. The van der Waals surface area contributed by atoms with Crippen molar-refractivity contribution in [2.45, 2.75) is 69.5 Å². The van der Waals surface area contributed by atoms with Crippen molar-refractivity contribution in [2.75, 3.05) is 12.9 Å². The predicted octanol–water partition coefficient (Wildman–Crippen LogP) is 4.92. The van der Waals surface area contributed by atoms with E-state index in [-0.39, 0.29) is 17.9 Å². The average Bonchev–Trinajstić information content (AvgIpc) is 3.22. The number of aromatic nitrogens is 2. The summed E-state index contributed by atoms with van der Waals surface area (Å²) in [4.78, 5) is 24.9. The number of carbonyl (C=O) groups excluding carboxylic acids is 2. The number of esters is 1. The number of fused-ring (bicyclic) bond motifs is 2. The fraction of sp³-hybridized carbons (Fsp3) is 0.560. The summed E-state index contributed by atoms with van der Waals surface area (Å²) in [6.45, 7) is 2.69. The van der Waals surface area contributed by atoms with Crippen LogP contribution in [-0.2, 0) is 11.3 Å². The Kier molecular flexibility index (Phi) is 7.55. The van der Waals surface area contributed by atoms with Gasteiger partial charge >= 0.3 is 5.97 Å². The van der Waals surface area contributed by atoms with Gasteiger partial charge in [0.05, 0.1) is 31.0 Å². The van der Waals surface area contributed by atoms with Crippen molar-refractivity contribution >= 4 is 23.6 Å². The van der Waals surface area contributed by atoms with Crippen LogP contribution in [-0.4, -0.2) is 40.6 Å². The molecule has 1 aromatic carbocycles. The summed E-state index contributed by atoms with van der Waals surface area (Å²) in [6, 6.07) is 7.62. The lowest BCUT2D eigenvalue weighted by atomic mass is 9.70. The standard InChI is InChI=1S/C25H33N3O3S/c1-3-13-32-24-21(23(29)27-22-12-9-17-5-4-6-20(22)14-17)15-26-28(24)16-18-7-10-19(11-8-18)25(30)31-2/h7-8,10-11,15,17,20,22H,3-6,9,12-14,16H2,1-2H3,(H,27,29)/t17?,20-,22?/m1/s1. The summed E-state index contributed by atoms with van der Waals surface area (Å²) < 4.78 is 6.67. The van der Waals surface area contributed by atoms with E-state index in [0.717, 1.165) is 35.1 Å². The van der Waals surface area contributed by atoms with Crippen molar-refractivity contribution in [3.63, 3.8) is 0 Å². The Bertz CT molecular complexity index is 940. The van der Waals surface area contributed by atoms with E-state index in [0.29, 0.717) is 23.6 Å². The molecule has 2 unspecified atom stereocenters. The molecule has 6 nitrogen and oxygen atoms in total. The highest BCUT2D eigenvalue weighted by Crippen LogP contribution is 2.40. The molecule has 3 atom stereocenters. The Morgan fingerprint density at radius 3 is 2.75 bits per heavy atom. The van der Waals surface area contributed by atoms with Crippen molar-refractivity contribution in [2.24, 2.45) is 11.8 Å². The van der Waals surface area contributed by atoms with E-state index in [2.05, 4.69) is 17.3 Å². The summed E-state index contributed by atoms with van der Waals surface area (Å²) in [5.41, 5.74) is 2.22. The van der Waals surface area contributed by atoms with Gasteiger partial charge < -0.3 is 10.1 Å². The highest BCUT2D eigenvalue weighted by molar-refractivity contribution is 7.99. The summed E-state index contributed by atoms with van der Waals surface area (Å²) in [6.07, 6.45) is 10.2. The second-order valence-electron chi connectivity index (χ2n) is 9.01. The number of amides is 1. The number of hydrogen-bond acceptors (Lipinski definition) is 5. The number of rotatable bonds is 8. The monoisotopic (exact) mass is 455 g/mol. The zero-order chi connectivity index (χ0) is 22.5. The quantitative estimate of drug-likeness (QED) is 0.452. The summed E-state index contributed by atoms with van der Waals surface area (Å²) >= 11 is 1.69. The smallest absolute Gasteiger partial charge is 0.337 e. The fourth-order valence-corrected chi connectivity index (χ4v) is 6.04. The van der Waals surface area contributed by atoms with Crippen LogP contribution in [0.3, 0.4) is 0 Å². The minimum Gasteiger partial charge on any atom is -0.465 e. The number of ether oxygens (including phenoxy) is 1. The van der Waals surface area contributed by atoms with Crippen LogP contribution in [0.25, 0.3) is 0 Å². The molecular weight excluding hydrogens is 422 g/mol. The summed E-state index contributed by atoms with van der Waals surface area (Å²) in [5, 5.41) is 8.83. The van der Waals surface area contributed by atoms with Crippen molar-refractivity contribution in [3.05, 3.63) is 47.2 Å². The van der Waals surface area contributed by atoms with Gasteiger partial charge in [-0.3, -0.25) is 9.48 Å². The summed E-state index contributed by atoms with van der Waals surface area (Å²) in [5.74, 6) is 2.08. The number of hydrogen-bond donors (Lipinski definition) is 1. The zero-order valence-corrected chi connectivity index (χ0v) is 19.8. The molecule has 4 rings (SSSR count). The first kappa shape index (κ1) is 22.9. The van der Waals surface area contributed by atoms with Gasteiger partial charge in [-0.1, -0.05) is 31.9 Å². The molecule has 1 amide bonds. The first-order valence-corrected chi connectivity index (χ1v) is 12.7. The van der Waals surface area contributed by atoms with E-state index in [1.807, 2.05) is 16.8 Å². The third-order valence-electron chi connectivity index (χ3n) is 6.78. The molecule has 2 aliphatic rings. The molecule has 0 aliphatic heterocycles. The van der Waals surface area contributed by atoms with Gasteiger partial charge in [0.2, 0.25) is 0 Å². The molecule has 2 fully saturated rings. The van der Waals surface area contributed by atoms with Crippen molar-refractivity contribution in [3.8, 4) is 0 Å². The minimum absolute atomic E-state index is 0.00455. The highest BCUT2D eigenvalue weighted by atomic mass is 32.2. The number of thioether (sulfide) groups is 1. The second-order valence-corrected chi connectivity index (χ2v) is 10.1. The van der Waals surface area contributed by atoms with E-state index in [4.69, 9.17) is 4.74 Å². The van der Waals surface area contributed by atoms with Gasteiger partial charge in [-0.25, -0.2) is 4.79 Å². The molecule has 1 aromatic heterocycles. The first-order valence-electron chi connectivity index (χ1n) is 11.8. The lowest BCUT2D eigenvalue weighted by molar-refractivity contribution is 0.0600. The van der Waals surface area contributed by atoms with Gasteiger partial charge in [0.1, 0.15) is 5.03 Å². The maximum Gasteiger partial charge on any atom is 0.337 e. The van der Waals surface area contributed by atoms with E-state index in [1.165, 1.54) is 39.2 Å². The first-order chi connectivity index (χ1) is 15.6. The molecule has 0 spiro atoms. The van der Waals surface area contributed by atoms with Crippen LogP contribution in [0.15, 0.2) is 35.5 Å². The topological polar surface area (TPSA) is 73.2 Å². The van der Waals surface area contributed by atoms with E-state index >= 15 is 0 Å². The number of methoxy groups -OCH3 is 1. The van der Waals surface area contributed by atoms with E-state index < -0.39 is 0 Å². The number of nitrogens with one attached hydrogen (secondary N) is 1. The van der Waals surface area contributed by atoms with Crippen molar-refractivity contribution < 1.29 is 14.3 Å². The molecule has 2 bridgehead atoms. The van der Waals surface area contributed by atoms with Crippen LogP contribution in [0.4, 0.5) is 0 Å². The van der Waals surface area contributed by atoms with E-state index in [9.17, 15) is 9.59 Å². The minimum atomic E-state index is -0.346. The van der Waals surface area contributed by atoms with Gasteiger partial charge in [0, 0.05) is 6.04 Å². The number of carbonyl (C=O) groups is 2. The van der Waals surface area contributed by atoms with Crippen molar-refractivity contribution in [1.82, 2.24) is 15.1 Å². The van der Waals surface area contributed by atoms with Gasteiger partial charge in [-0.2, -0.15) is 5.10 Å². The normalized spacial score (nSPS) is 22.4. The van der Waals surface area contributed by atoms with Gasteiger partial charge in [0.15, 0.2) is 0 Å². The molecule has 1 N–H and O–H groups in total. The largest absolute Gasteiger partial charge is 0.465 e. The lowest BCUT2D eigenvalue weighted by Gasteiger charge is -2.40. The zero-order valence-electron chi connectivity index (χ0n) is 19.0. The Labute approximate surface area is 194 Å².